The van der Waals surface area contributed by atoms with Gasteiger partial charge in [-0.15, -0.1) is 0 Å². The molecule has 2 rings (SSSR count). The highest BCUT2D eigenvalue weighted by Gasteiger charge is 2.10. The van der Waals surface area contributed by atoms with Gasteiger partial charge in [-0.1, -0.05) is 11.2 Å². The fraction of sp³-hybridized carbons (Fsp3) is 0.182. The first-order valence-electron chi connectivity index (χ1n) is 4.70. The number of benzene rings is 1. The van der Waals surface area contributed by atoms with Crippen LogP contribution in [0.1, 0.15) is 5.56 Å². The molecule has 0 amide bonds. The highest BCUT2D eigenvalue weighted by Crippen LogP contribution is 2.27. The van der Waals surface area contributed by atoms with Gasteiger partial charge in [0.1, 0.15) is 5.82 Å². The van der Waals surface area contributed by atoms with Crippen molar-refractivity contribution in [1.29, 1.82) is 0 Å². The molecule has 0 unspecified atom stereocenters. The first kappa shape index (κ1) is 10.6. The first-order valence-corrected chi connectivity index (χ1v) is 4.70. The smallest absolute Gasteiger partial charge is 0.229 e. The molecule has 0 radical (unpaired) electrons. The van der Waals surface area contributed by atoms with E-state index in [2.05, 4.69) is 5.16 Å². The van der Waals surface area contributed by atoms with Crippen LogP contribution >= 0.6 is 0 Å². The molecule has 0 aliphatic heterocycles. The SMILES string of the molecule is COCc1cc(-c2cnoc2N)ccc1F. The van der Waals surface area contributed by atoms with E-state index in [1.54, 1.807) is 12.1 Å². The van der Waals surface area contributed by atoms with Gasteiger partial charge in [-0.3, -0.25) is 0 Å². The monoisotopic (exact) mass is 222 g/mol. The number of hydrogen-bond donors (Lipinski definition) is 1. The van der Waals surface area contributed by atoms with Gasteiger partial charge in [0.25, 0.3) is 0 Å². The van der Waals surface area contributed by atoms with E-state index < -0.39 is 0 Å². The van der Waals surface area contributed by atoms with Crippen molar-refractivity contribution in [3.8, 4) is 11.1 Å². The summed E-state index contributed by atoms with van der Waals surface area (Å²) in [4.78, 5) is 0. The van der Waals surface area contributed by atoms with Crippen LogP contribution in [0.3, 0.4) is 0 Å². The Hall–Kier alpha value is -1.88. The number of halogens is 1. The normalized spacial score (nSPS) is 10.6. The Morgan fingerprint density at radius 3 is 2.94 bits per heavy atom. The molecule has 16 heavy (non-hydrogen) atoms. The Balaban J connectivity index is 2.43. The number of nitrogen functional groups attached to an aromatic ring is 1. The van der Waals surface area contributed by atoms with Crippen LogP contribution in [0.4, 0.5) is 10.3 Å². The molecule has 5 heteroatoms. The molecule has 84 valence electrons. The Kier molecular flexibility index (Phi) is 2.87. The Morgan fingerprint density at radius 2 is 2.31 bits per heavy atom. The predicted molar refractivity (Wildman–Crippen MR) is 57.0 cm³/mol. The van der Waals surface area contributed by atoms with Gasteiger partial charge in [0.2, 0.25) is 5.88 Å². The molecule has 1 aromatic carbocycles. The molecule has 0 atom stereocenters. The van der Waals surface area contributed by atoms with Crippen molar-refractivity contribution >= 4 is 5.88 Å². The third-order valence-corrected chi connectivity index (χ3v) is 2.25. The quantitative estimate of drug-likeness (QED) is 0.864. The van der Waals surface area contributed by atoms with Crippen molar-refractivity contribution in [2.75, 3.05) is 12.8 Å². The van der Waals surface area contributed by atoms with Crippen molar-refractivity contribution < 1.29 is 13.7 Å². The van der Waals surface area contributed by atoms with Crippen LogP contribution in [0.5, 0.6) is 0 Å². The van der Waals surface area contributed by atoms with E-state index in [1.165, 1.54) is 19.4 Å². The molecule has 0 fully saturated rings. The molecule has 0 bridgehead atoms. The van der Waals surface area contributed by atoms with Gasteiger partial charge in [0.05, 0.1) is 18.4 Å². The standard InChI is InChI=1S/C11H11FN2O2/c1-15-6-8-4-7(2-3-10(8)12)9-5-14-16-11(9)13/h2-5H,6,13H2,1H3. The second-order valence-corrected chi connectivity index (χ2v) is 3.34. The van der Waals surface area contributed by atoms with Crippen LogP contribution in [0.15, 0.2) is 28.9 Å². The molecule has 4 nitrogen and oxygen atoms in total. The van der Waals surface area contributed by atoms with Gasteiger partial charge in [-0.05, 0) is 17.7 Å². The zero-order valence-electron chi connectivity index (χ0n) is 8.74. The van der Waals surface area contributed by atoms with Gasteiger partial charge >= 0.3 is 0 Å². The van der Waals surface area contributed by atoms with Crippen molar-refractivity contribution in [3.05, 3.63) is 35.8 Å². The number of rotatable bonds is 3. The average molecular weight is 222 g/mol. The van der Waals surface area contributed by atoms with E-state index in [0.717, 1.165) is 5.56 Å². The fourth-order valence-corrected chi connectivity index (χ4v) is 1.47. The molecule has 1 aromatic heterocycles. The summed E-state index contributed by atoms with van der Waals surface area (Å²) in [7, 11) is 1.51. The molecule has 0 saturated heterocycles. The van der Waals surface area contributed by atoms with Gasteiger partial charge in [0.15, 0.2) is 0 Å². The summed E-state index contributed by atoms with van der Waals surface area (Å²) in [6.07, 6.45) is 1.50. The van der Waals surface area contributed by atoms with Gasteiger partial charge in [-0.2, -0.15) is 0 Å². The first-order chi connectivity index (χ1) is 7.72. The molecule has 0 aliphatic rings. The highest BCUT2D eigenvalue weighted by atomic mass is 19.1. The number of methoxy groups -OCH3 is 1. The minimum Gasteiger partial charge on any atom is -0.380 e. The number of nitrogens with zero attached hydrogens (tertiary/aromatic N) is 1. The van der Waals surface area contributed by atoms with Gasteiger partial charge in [0, 0.05) is 12.7 Å². The van der Waals surface area contributed by atoms with Gasteiger partial charge in [-0.25, -0.2) is 4.39 Å². The number of anilines is 1. The maximum absolute atomic E-state index is 13.3. The summed E-state index contributed by atoms with van der Waals surface area (Å²) in [6, 6.07) is 4.66. The van der Waals surface area contributed by atoms with E-state index in [0.29, 0.717) is 11.1 Å². The zero-order chi connectivity index (χ0) is 11.5. The lowest BCUT2D eigenvalue weighted by Gasteiger charge is -2.04. The summed E-state index contributed by atoms with van der Waals surface area (Å²) < 4.78 is 23.0. The minimum absolute atomic E-state index is 0.213. The van der Waals surface area contributed by atoms with Crippen molar-refractivity contribution in [2.45, 2.75) is 6.61 Å². The molecule has 2 N–H and O–H groups in total. The van der Waals surface area contributed by atoms with Gasteiger partial charge < -0.3 is 15.0 Å². The second kappa shape index (κ2) is 4.32. The van der Waals surface area contributed by atoms with Crippen LogP contribution in [-0.2, 0) is 11.3 Å². The summed E-state index contributed by atoms with van der Waals surface area (Å²) in [5.41, 5.74) is 7.46. The van der Waals surface area contributed by atoms with E-state index >= 15 is 0 Å². The van der Waals surface area contributed by atoms with E-state index in [-0.39, 0.29) is 18.3 Å². The second-order valence-electron chi connectivity index (χ2n) is 3.34. The molecule has 2 aromatic rings. The molecule has 0 spiro atoms. The predicted octanol–water partition coefficient (Wildman–Crippen LogP) is 2.21. The van der Waals surface area contributed by atoms with Crippen LogP contribution in [0.2, 0.25) is 0 Å². The topological polar surface area (TPSA) is 61.3 Å². The summed E-state index contributed by atoms with van der Waals surface area (Å²) in [6.45, 7) is 0.213. The van der Waals surface area contributed by atoms with Crippen molar-refractivity contribution in [2.24, 2.45) is 0 Å². The third-order valence-electron chi connectivity index (χ3n) is 2.25. The third kappa shape index (κ3) is 1.90. The van der Waals surface area contributed by atoms with Crippen LogP contribution in [0, 0.1) is 5.82 Å². The van der Waals surface area contributed by atoms with Crippen LogP contribution in [0.25, 0.3) is 11.1 Å². The lowest BCUT2D eigenvalue weighted by atomic mass is 10.1. The van der Waals surface area contributed by atoms with E-state index in [4.69, 9.17) is 15.0 Å². The summed E-state index contributed by atoms with van der Waals surface area (Å²) in [5.74, 6) is -0.0874. The lowest BCUT2D eigenvalue weighted by Crippen LogP contribution is -1.94. The lowest BCUT2D eigenvalue weighted by molar-refractivity contribution is 0.181. The molecular formula is C11H11FN2O2. The number of aromatic nitrogens is 1. The Bertz CT molecular complexity index is 496. The summed E-state index contributed by atoms with van der Waals surface area (Å²) >= 11 is 0. The maximum Gasteiger partial charge on any atom is 0.229 e. The average Bonchev–Trinajstić information content (AvgIpc) is 2.68. The van der Waals surface area contributed by atoms with Crippen LogP contribution in [-0.4, -0.2) is 12.3 Å². The van der Waals surface area contributed by atoms with E-state index in [9.17, 15) is 4.39 Å². The molecule has 0 aliphatic carbocycles. The minimum atomic E-state index is -0.305. The van der Waals surface area contributed by atoms with Crippen molar-refractivity contribution in [3.63, 3.8) is 0 Å². The fourth-order valence-electron chi connectivity index (χ4n) is 1.47. The zero-order valence-corrected chi connectivity index (χ0v) is 8.74. The number of ether oxygens (including phenoxy) is 1. The maximum atomic E-state index is 13.3. The Morgan fingerprint density at radius 1 is 1.50 bits per heavy atom. The van der Waals surface area contributed by atoms with E-state index in [1.807, 2.05) is 0 Å². The number of nitrogens with two attached hydrogens (primary N) is 1. The highest BCUT2D eigenvalue weighted by molar-refractivity contribution is 5.72. The number of hydrogen-bond acceptors (Lipinski definition) is 4. The summed E-state index contributed by atoms with van der Waals surface area (Å²) in [5, 5.41) is 3.57. The largest absolute Gasteiger partial charge is 0.380 e. The van der Waals surface area contributed by atoms with Crippen molar-refractivity contribution in [1.82, 2.24) is 5.16 Å². The van der Waals surface area contributed by atoms with Crippen LogP contribution < -0.4 is 5.73 Å². The Labute approximate surface area is 91.8 Å². The molecule has 1 heterocycles. The molecule has 0 saturated carbocycles. The molecular weight excluding hydrogens is 211 g/mol.